The molecule has 0 radical (unpaired) electrons. The SMILES string of the molecule is CN(CC(=O)OCC(=O)NCCc1ccc2c(c1)OCCO2)S(=O)(=O)c1ccc(Cl)cc1. The van der Waals surface area contributed by atoms with E-state index in [-0.39, 0.29) is 4.90 Å². The van der Waals surface area contributed by atoms with E-state index in [0.29, 0.717) is 42.7 Å². The number of amides is 1. The zero-order chi connectivity index (χ0) is 23.1. The van der Waals surface area contributed by atoms with Crippen LogP contribution < -0.4 is 14.8 Å². The van der Waals surface area contributed by atoms with Gasteiger partial charge in [0.1, 0.15) is 19.8 Å². The Morgan fingerprint density at radius 2 is 1.78 bits per heavy atom. The van der Waals surface area contributed by atoms with Gasteiger partial charge in [-0.25, -0.2) is 8.42 Å². The molecule has 2 aromatic carbocycles. The number of esters is 1. The van der Waals surface area contributed by atoms with Gasteiger partial charge < -0.3 is 19.5 Å². The summed E-state index contributed by atoms with van der Waals surface area (Å²) in [4.78, 5) is 23.9. The molecule has 3 rings (SSSR count). The first kappa shape index (κ1) is 23.8. The van der Waals surface area contributed by atoms with Crippen molar-refractivity contribution in [2.24, 2.45) is 0 Å². The van der Waals surface area contributed by atoms with Crippen molar-refractivity contribution >= 4 is 33.5 Å². The number of likely N-dealkylation sites (N-methyl/N-ethyl adjacent to an activating group) is 1. The van der Waals surface area contributed by atoms with E-state index in [1.54, 1.807) is 0 Å². The van der Waals surface area contributed by atoms with Crippen LogP contribution in [0.3, 0.4) is 0 Å². The van der Waals surface area contributed by atoms with E-state index in [1.807, 2.05) is 18.2 Å². The van der Waals surface area contributed by atoms with Gasteiger partial charge in [-0.15, -0.1) is 0 Å². The maximum atomic E-state index is 12.5. The van der Waals surface area contributed by atoms with Crippen LogP contribution in [0.25, 0.3) is 0 Å². The van der Waals surface area contributed by atoms with Crippen LogP contribution in [0.4, 0.5) is 0 Å². The molecule has 0 saturated carbocycles. The van der Waals surface area contributed by atoms with Crippen molar-refractivity contribution in [1.29, 1.82) is 0 Å². The van der Waals surface area contributed by atoms with Crippen LogP contribution in [0.5, 0.6) is 11.5 Å². The number of sulfonamides is 1. The van der Waals surface area contributed by atoms with Crippen molar-refractivity contribution in [2.75, 3.05) is 40.0 Å². The molecule has 1 N–H and O–H groups in total. The predicted octanol–water partition coefficient (Wildman–Crippen LogP) is 1.63. The van der Waals surface area contributed by atoms with E-state index in [0.717, 1.165) is 9.87 Å². The molecule has 1 heterocycles. The Labute approximate surface area is 191 Å². The minimum absolute atomic E-state index is 0.00548. The third kappa shape index (κ3) is 6.35. The smallest absolute Gasteiger partial charge is 0.321 e. The molecule has 0 saturated heterocycles. The molecule has 0 atom stereocenters. The van der Waals surface area contributed by atoms with Gasteiger partial charge >= 0.3 is 5.97 Å². The Bertz CT molecular complexity index is 1070. The van der Waals surface area contributed by atoms with Crippen LogP contribution in [0.1, 0.15) is 5.56 Å². The normalized spacial score (nSPS) is 13.0. The number of carbonyl (C=O) groups is 2. The van der Waals surface area contributed by atoms with Crippen LogP contribution in [-0.2, 0) is 30.8 Å². The van der Waals surface area contributed by atoms with Crippen LogP contribution in [0.2, 0.25) is 5.02 Å². The van der Waals surface area contributed by atoms with Gasteiger partial charge in [0.05, 0.1) is 4.90 Å². The standard InChI is InChI=1S/C21H23ClN2O7S/c1-24(32(27,28)17-5-3-16(22)4-6-17)13-21(26)31-14-20(25)23-9-8-15-2-7-18-19(12-15)30-11-10-29-18/h2-7,12H,8-11,13-14H2,1H3,(H,23,25). The van der Waals surface area contributed by atoms with Crippen molar-refractivity contribution < 1.29 is 32.2 Å². The molecule has 0 spiro atoms. The Hall–Kier alpha value is -2.82. The fraction of sp³-hybridized carbons (Fsp3) is 0.333. The zero-order valence-electron chi connectivity index (χ0n) is 17.4. The highest BCUT2D eigenvalue weighted by Crippen LogP contribution is 2.30. The summed E-state index contributed by atoms with van der Waals surface area (Å²) in [5.41, 5.74) is 0.959. The zero-order valence-corrected chi connectivity index (χ0v) is 18.9. The van der Waals surface area contributed by atoms with E-state index >= 15 is 0 Å². The number of hydrogen-bond acceptors (Lipinski definition) is 7. The van der Waals surface area contributed by atoms with E-state index in [2.05, 4.69) is 5.32 Å². The van der Waals surface area contributed by atoms with E-state index in [9.17, 15) is 18.0 Å². The van der Waals surface area contributed by atoms with Crippen LogP contribution in [0, 0.1) is 0 Å². The second-order valence-electron chi connectivity index (χ2n) is 6.95. The monoisotopic (exact) mass is 482 g/mol. The maximum Gasteiger partial charge on any atom is 0.321 e. The summed E-state index contributed by atoms with van der Waals surface area (Å²) in [5.74, 6) is 0.0387. The number of fused-ring (bicyclic) bond motifs is 1. The molecule has 0 aromatic heterocycles. The second kappa shape index (κ2) is 10.7. The molecular weight excluding hydrogens is 460 g/mol. The fourth-order valence-corrected chi connectivity index (χ4v) is 4.13. The average molecular weight is 483 g/mol. The number of nitrogens with one attached hydrogen (secondary N) is 1. The number of rotatable bonds is 9. The van der Waals surface area contributed by atoms with E-state index < -0.39 is 35.1 Å². The van der Waals surface area contributed by atoms with Crippen molar-refractivity contribution in [3.8, 4) is 11.5 Å². The van der Waals surface area contributed by atoms with Gasteiger partial charge in [0.25, 0.3) is 5.91 Å². The summed E-state index contributed by atoms with van der Waals surface area (Å²) in [7, 11) is -2.64. The van der Waals surface area contributed by atoms with E-state index in [1.165, 1.54) is 31.3 Å². The van der Waals surface area contributed by atoms with Gasteiger partial charge in [-0.05, 0) is 48.4 Å². The minimum Gasteiger partial charge on any atom is -0.486 e. The van der Waals surface area contributed by atoms with E-state index in [4.69, 9.17) is 25.8 Å². The van der Waals surface area contributed by atoms with Gasteiger partial charge in [-0.2, -0.15) is 4.31 Å². The third-order valence-electron chi connectivity index (χ3n) is 4.58. The van der Waals surface area contributed by atoms with Gasteiger partial charge in [0.15, 0.2) is 18.1 Å². The summed E-state index contributed by atoms with van der Waals surface area (Å²) >= 11 is 5.76. The molecule has 9 nitrogen and oxygen atoms in total. The summed E-state index contributed by atoms with van der Waals surface area (Å²) in [6.07, 6.45) is 0.554. The van der Waals surface area contributed by atoms with Crippen LogP contribution >= 0.6 is 11.6 Å². The first-order valence-corrected chi connectivity index (χ1v) is 11.6. The lowest BCUT2D eigenvalue weighted by molar-refractivity contribution is -0.148. The first-order chi connectivity index (χ1) is 15.3. The lowest BCUT2D eigenvalue weighted by Gasteiger charge is -2.19. The lowest BCUT2D eigenvalue weighted by atomic mass is 10.1. The highest BCUT2D eigenvalue weighted by atomic mass is 35.5. The Morgan fingerprint density at radius 3 is 2.50 bits per heavy atom. The van der Waals surface area contributed by atoms with Crippen molar-refractivity contribution in [2.45, 2.75) is 11.3 Å². The highest BCUT2D eigenvalue weighted by Gasteiger charge is 2.23. The first-order valence-electron chi connectivity index (χ1n) is 9.78. The van der Waals surface area contributed by atoms with Crippen LogP contribution in [0.15, 0.2) is 47.4 Å². The minimum atomic E-state index is -3.89. The van der Waals surface area contributed by atoms with Crippen molar-refractivity contribution in [3.05, 3.63) is 53.1 Å². The summed E-state index contributed by atoms with van der Waals surface area (Å²) in [5, 5.41) is 3.04. The largest absolute Gasteiger partial charge is 0.486 e. The number of benzene rings is 2. The molecule has 11 heteroatoms. The Kier molecular flexibility index (Phi) is 7.94. The fourth-order valence-electron chi connectivity index (χ4n) is 2.89. The molecule has 1 aliphatic rings. The van der Waals surface area contributed by atoms with Gasteiger partial charge in [0, 0.05) is 18.6 Å². The molecule has 0 fully saturated rings. The second-order valence-corrected chi connectivity index (χ2v) is 9.43. The molecule has 0 unspecified atom stereocenters. The summed E-state index contributed by atoms with van der Waals surface area (Å²) in [6, 6.07) is 11.1. The molecular formula is C21H23ClN2O7S. The van der Waals surface area contributed by atoms with Gasteiger partial charge in [0.2, 0.25) is 10.0 Å². The van der Waals surface area contributed by atoms with Crippen molar-refractivity contribution in [3.63, 3.8) is 0 Å². The average Bonchev–Trinajstić information content (AvgIpc) is 2.78. The lowest BCUT2D eigenvalue weighted by Crippen LogP contribution is -2.35. The Balaban J connectivity index is 1.39. The van der Waals surface area contributed by atoms with Crippen LogP contribution in [-0.4, -0.2) is 64.6 Å². The molecule has 32 heavy (non-hydrogen) atoms. The molecule has 172 valence electrons. The molecule has 1 amide bonds. The summed E-state index contributed by atoms with van der Waals surface area (Å²) in [6.45, 7) is 0.309. The highest BCUT2D eigenvalue weighted by molar-refractivity contribution is 7.89. The number of carbonyl (C=O) groups excluding carboxylic acids is 2. The molecule has 2 aromatic rings. The quantitative estimate of drug-likeness (QED) is 0.541. The number of ether oxygens (including phenoxy) is 3. The van der Waals surface area contributed by atoms with Crippen molar-refractivity contribution in [1.82, 2.24) is 9.62 Å². The third-order valence-corrected chi connectivity index (χ3v) is 6.65. The maximum absolute atomic E-state index is 12.5. The van der Waals surface area contributed by atoms with Gasteiger partial charge in [-0.1, -0.05) is 17.7 Å². The van der Waals surface area contributed by atoms with Gasteiger partial charge in [-0.3, -0.25) is 9.59 Å². The summed E-state index contributed by atoms with van der Waals surface area (Å²) < 4.78 is 41.6. The predicted molar refractivity (Wildman–Crippen MR) is 116 cm³/mol. The topological polar surface area (TPSA) is 111 Å². The molecule has 0 aliphatic carbocycles. The number of hydrogen-bond donors (Lipinski definition) is 1. The Morgan fingerprint density at radius 1 is 1.09 bits per heavy atom. The molecule has 1 aliphatic heterocycles. The number of halogens is 1. The number of nitrogens with zero attached hydrogens (tertiary/aromatic N) is 1. The molecule has 0 bridgehead atoms.